The first kappa shape index (κ1) is 12.9. The van der Waals surface area contributed by atoms with E-state index in [0.29, 0.717) is 6.04 Å². The van der Waals surface area contributed by atoms with Crippen LogP contribution in [0.1, 0.15) is 39.5 Å². The van der Waals surface area contributed by atoms with Crippen LogP contribution in [0, 0.1) is 0 Å². The molecule has 1 fully saturated rings. The molecule has 0 spiro atoms. The molecule has 3 nitrogen and oxygen atoms in total. The van der Waals surface area contributed by atoms with Gasteiger partial charge in [0, 0.05) is 19.1 Å². The van der Waals surface area contributed by atoms with Crippen LogP contribution in [0.2, 0.25) is 0 Å². The lowest BCUT2D eigenvalue weighted by Gasteiger charge is -2.34. The Bertz CT molecular complexity index is 180. The van der Waals surface area contributed by atoms with Gasteiger partial charge in [0.1, 0.15) is 0 Å². The molecule has 1 atom stereocenters. The Hall–Kier alpha value is -0.120. The maximum atomic E-state index is 10.3. The summed E-state index contributed by atoms with van der Waals surface area (Å²) in [6.45, 7) is 7.18. The average Bonchev–Trinajstić information content (AvgIpc) is 2.66. The van der Waals surface area contributed by atoms with Crippen LogP contribution in [0.25, 0.3) is 0 Å². The van der Waals surface area contributed by atoms with Gasteiger partial charge in [0.2, 0.25) is 0 Å². The van der Waals surface area contributed by atoms with Gasteiger partial charge in [-0.3, -0.25) is 4.90 Å². The predicted octanol–water partition coefficient (Wildman–Crippen LogP) is 1.22. The fourth-order valence-corrected chi connectivity index (χ4v) is 2.42. The number of aliphatic hydroxyl groups is 1. The largest absolute Gasteiger partial charge is 0.389 e. The maximum Gasteiger partial charge on any atom is 0.0769 e. The molecule has 0 amide bonds. The first-order chi connectivity index (χ1) is 7.15. The minimum Gasteiger partial charge on any atom is -0.389 e. The zero-order valence-corrected chi connectivity index (χ0v) is 10.4. The van der Waals surface area contributed by atoms with Gasteiger partial charge >= 0.3 is 0 Å². The van der Waals surface area contributed by atoms with E-state index in [-0.39, 0.29) is 0 Å². The van der Waals surface area contributed by atoms with Gasteiger partial charge in [0.25, 0.3) is 0 Å². The standard InChI is InChI=1S/C12H26N2O/c1-4-12(15,5-2)10-14-8-6-7-11(14)9-13-3/h11,13,15H,4-10H2,1-3H3. The molecule has 0 bridgehead atoms. The van der Waals surface area contributed by atoms with Gasteiger partial charge in [-0.1, -0.05) is 13.8 Å². The van der Waals surface area contributed by atoms with Crippen molar-refractivity contribution in [3.05, 3.63) is 0 Å². The number of rotatable bonds is 6. The molecule has 0 aromatic heterocycles. The molecule has 1 saturated heterocycles. The molecular formula is C12H26N2O. The topological polar surface area (TPSA) is 35.5 Å². The highest BCUT2D eigenvalue weighted by Crippen LogP contribution is 2.23. The number of likely N-dealkylation sites (N-methyl/N-ethyl adjacent to an activating group) is 1. The normalized spacial score (nSPS) is 23.6. The second-order valence-electron chi connectivity index (χ2n) is 4.76. The van der Waals surface area contributed by atoms with E-state index in [2.05, 4.69) is 24.1 Å². The monoisotopic (exact) mass is 214 g/mol. The van der Waals surface area contributed by atoms with Crippen molar-refractivity contribution in [2.75, 3.05) is 26.7 Å². The summed E-state index contributed by atoms with van der Waals surface area (Å²) in [5, 5.41) is 13.6. The van der Waals surface area contributed by atoms with Crippen molar-refractivity contribution >= 4 is 0 Å². The van der Waals surface area contributed by atoms with Crippen molar-refractivity contribution in [3.8, 4) is 0 Å². The van der Waals surface area contributed by atoms with Crippen LogP contribution in [0.3, 0.4) is 0 Å². The van der Waals surface area contributed by atoms with E-state index in [9.17, 15) is 5.11 Å². The van der Waals surface area contributed by atoms with Gasteiger partial charge in [0.05, 0.1) is 5.60 Å². The molecule has 0 saturated carbocycles. The quantitative estimate of drug-likeness (QED) is 0.698. The van der Waals surface area contributed by atoms with Gasteiger partial charge in [-0.05, 0) is 39.3 Å². The lowest BCUT2D eigenvalue weighted by molar-refractivity contribution is -0.00641. The van der Waals surface area contributed by atoms with Gasteiger partial charge in [-0.25, -0.2) is 0 Å². The second kappa shape index (κ2) is 5.83. The molecule has 1 rings (SSSR count). The Morgan fingerprint density at radius 3 is 2.60 bits per heavy atom. The molecular weight excluding hydrogens is 188 g/mol. The first-order valence-electron chi connectivity index (χ1n) is 6.26. The Morgan fingerprint density at radius 2 is 2.07 bits per heavy atom. The van der Waals surface area contributed by atoms with E-state index in [1.807, 2.05) is 7.05 Å². The minimum atomic E-state index is -0.476. The molecule has 15 heavy (non-hydrogen) atoms. The lowest BCUT2D eigenvalue weighted by Crippen LogP contribution is -2.46. The summed E-state index contributed by atoms with van der Waals surface area (Å²) in [7, 11) is 2.00. The van der Waals surface area contributed by atoms with Gasteiger partial charge in [0.15, 0.2) is 0 Å². The second-order valence-corrected chi connectivity index (χ2v) is 4.76. The fourth-order valence-electron chi connectivity index (χ4n) is 2.42. The molecule has 90 valence electrons. The summed E-state index contributed by atoms with van der Waals surface area (Å²) in [6, 6.07) is 0.625. The first-order valence-corrected chi connectivity index (χ1v) is 6.26. The lowest BCUT2D eigenvalue weighted by atomic mass is 9.96. The smallest absolute Gasteiger partial charge is 0.0769 e. The molecule has 2 N–H and O–H groups in total. The highest BCUT2D eigenvalue weighted by atomic mass is 16.3. The predicted molar refractivity (Wildman–Crippen MR) is 64.1 cm³/mol. The number of hydrogen-bond donors (Lipinski definition) is 2. The van der Waals surface area contributed by atoms with Crippen LogP contribution in [0.4, 0.5) is 0 Å². The Kier molecular flexibility index (Phi) is 5.03. The Balaban J connectivity index is 2.48. The molecule has 1 aliphatic rings. The SMILES string of the molecule is CCC(O)(CC)CN1CCCC1CNC. The van der Waals surface area contributed by atoms with Crippen molar-refractivity contribution in [3.63, 3.8) is 0 Å². The Labute approximate surface area is 93.9 Å². The maximum absolute atomic E-state index is 10.3. The third kappa shape index (κ3) is 3.44. The van der Waals surface area contributed by atoms with E-state index in [1.54, 1.807) is 0 Å². The van der Waals surface area contributed by atoms with Gasteiger partial charge in [-0.15, -0.1) is 0 Å². The molecule has 0 aliphatic carbocycles. The molecule has 1 aliphatic heterocycles. The number of nitrogens with zero attached hydrogens (tertiary/aromatic N) is 1. The zero-order valence-electron chi connectivity index (χ0n) is 10.4. The van der Waals surface area contributed by atoms with Crippen LogP contribution in [-0.2, 0) is 0 Å². The zero-order chi connectivity index (χ0) is 11.3. The van der Waals surface area contributed by atoms with Crippen molar-refractivity contribution in [2.24, 2.45) is 0 Å². The van der Waals surface area contributed by atoms with Crippen LogP contribution >= 0.6 is 0 Å². The fraction of sp³-hybridized carbons (Fsp3) is 1.00. The Morgan fingerprint density at radius 1 is 1.40 bits per heavy atom. The number of nitrogens with one attached hydrogen (secondary N) is 1. The third-order valence-corrected chi connectivity index (χ3v) is 3.75. The summed E-state index contributed by atoms with van der Waals surface area (Å²) < 4.78 is 0. The van der Waals surface area contributed by atoms with Gasteiger partial charge in [-0.2, -0.15) is 0 Å². The third-order valence-electron chi connectivity index (χ3n) is 3.75. The van der Waals surface area contributed by atoms with E-state index in [0.717, 1.165) is 32.5 Å². The highest BCUT2D eigenvalue weighted by molar-refractivity contribution is 4.87. The number of hydrogen-bond acceptors (Lipinski definition) is 3. The summed E-state index contributed by atoms with van der Waals surface area (Å²) >= 11 is 0. The van der Waals surface area contributed by atoms with Crippen molar-refractivity contribution in [1.82, 2.24) is 10.2 Å². The van der Waals surface area contributed by atoms with Crippen LogP contribution in [0.15, 0.2) is 0 Å². The van der Waals surface area contributed by atoms with Crippen molar-refractivity contribution in [2.45, 2.75) is 51.2 Å². The molecule has 3 heteroatoms. The van der Waals surface area contributed by atoms with Gasteiger partial charge < -0.3 is 10.4 Å². The summed E-state index contributed by atoms with van der Waals surface area (Å²) in [5.41, 5.74) is -0.476. The minimum absolute atomic E-state index is 0.476. The number of β-amino-alcohol motifs (C(OH)–C–C–N with tert-alkyl or cyclic N) is 1. The van der Waals surface area contributed by atoms with Crippen LogP contribution in [0.5, 0.6) is 0 Å². The number of likely N-dealkylation sites (tertiary alicyclic amines) is 1. The average molecular weight is 214 g/mol. The highest BCUT2D eigenvalue weighted by Gasteiger charge is 2.31. The van der Waals surface area contributed by atoms with Crippen LogP contribution < -0.4 is 5.32 Å². The summed E-state index contributed by atoms with van der Waals surface area (Å²) in [6.07, 6.45) is 4.25. The van der Waals surface area contributed by atoms with Crippen molar-refractivity contribution in [1.29, 1.82) is 0 Å². The molecule has 0 radical (unpaired) electrons. The molecule has 0 aromatic carbocycles. The summed E-state index contributed by atoms with van der Waals surface area (Å²) in [5.74, 6) is 0. The molecule has 0 aromatic rings. The van der Waals surface area contributed by atoms with E-state index in [1.165, 1.54) is 12.8 Å². The van der Waals surface area contributed by atoms with E-state index in [4.69, 9.17) is 0 Å². The summed E-state index contributed by atoms with van der Waals surface area (Å²) in [4.78, 5) is 2.45. The van der Waals surface area contributed by atoms with Crippen molar-refractivity contribution < 1.29 is 5.11 Å². The van der Waals surface area contributed by atoms with E-state index >= 15 is 0 Å². The van der Waals surface area contributed by atoms with Crippen LogP contribution in [-0.4, -0.2) is 48.3 Å². The molecule has 1 unspecified atom stereocenters. The van der Waals surface area contributed by atoms with E-state index < -0.39 is 5.60 Å². The molecule has 1 heterocycles.